The largest absolute Gasteiger partial charge is 0.459 e. The highest BCUT2D eigenvalue weighted by molar-refractivity contribution is 5.98. The van der Waals surface area contributed by atoms with Crippen LogP contribution in [0.25, 0.3) is 23.0 Å². The van der Waals surface area contributed by atoms with Crippen molar-refractivity contribution in [1.29, 1.82) is 5.26 Å². The van der Waals surface area contributed by atoms with Gasteiger partial charge in [-0.1, -0.05) is 48.5 Å². The van der Waals surface area contributed by atoms with Gasteiger partial charge in [0.2, 0.25) is 0 Å². The molecule has 0 unspecified atom stereocenters. The predicted octanol–water partition coefficient (Wildman–Crippen LogP) is 3.64. The molecule has 1 aromatic heterocycles. The molecular formula is C22H19N3O3. The van der Waals surface area contributed by atoms with Gasteiger partial charge >= 0.3 is 5.97 Å². The summed E-state index contributed by atoms with van der Waals surface area (Å²) in [5, 5.41) is 14.1. The summed E-state index contributed by atoms with van der Waals surface area (Å²) in [6, 6.07) is 21.1. The van der Waals surface area contributed by atoms with E-state index in [4.69, 9.17) is 9.47 Å². The fourth-order valence-corrected chi connectivity index (χ4v) is 2.61. The number of hydrogen-bond donors (Lipinski definition) is 0. The van der Waals surface area contributed by atoms with Crippen molar-refractivity contribution in [3.8, 4) is 23.0 Å². The molecule has 0 spiro atoms. The molecule has 2 aromatic carbocycles. The Morgan fingerprint density at radius 3 is 2.43 bits per heavy atom. The maximum absolute atomic E-state index is 12.2. The summed E-state index contributed by atoms with van der Waals surface area (Å²) in [6.45, 7) is 0.356. The zero-order valence-corrected chi connectivity index (χ0v) is 15.4. The zero-order chi connectivity index (χ0) is 19.8. The molecule has 0 atom stereocenters. The second-order valence-corrected chi connectivity index (χ2v) is 5.88. The second-order valence-electron chi connectivity index (χ2n) is 5.88. The topological polar surface area (TPSA) is 77.1 Å². The van der Waals surface area contributed by atoms with Gasteiger partial charge in [-0.25, -0.2) is 9.48 Å². The van der Waals surface area contributed by atoms with Crippen LogP contribution in [0, 0.1) is 11.3 Å². The minimum absolute atomic E-state index is 0.0865. The molecule has 140 valence electrons. The molecule has 6 heteroatoms. The standard InChI is InChI=1S/C22H19N3O3/c1-27-12-13-28-22(26)18(15-23)14-19-16-25(20-10-6-3-7-11-20)24-21(19)17-8-4-2-5-9-17/h2-11,14,16H,12-13H2,1H3. The van der Waals surface area contributed by atoms with Gasteiger partial charge < -0.3 is 9.47 Å². The van der Waals surface area contributed by atoms with Crippen LogP contribution in [0.2, 0.25) is 0 Å². The van der Waals surface area contributed by atoms with Crippen molar-refractivity contribution in [2.75, 3.05) is 20.3 Å². The number of benzene rings is 2. The third kappa shape index (κ3) is 4.53. The molecule has 6 nitrogen and oxygen atoms in total. The smallest absolute Gasteiger partial charge is 0.348 e. The number of methoxy groups -OCH3 is 1. The van der Waals surface area contributed by atoms with Crippen LogP contribution >= 0.6 is 0 Å². The lowest BCUT2D eigenvalue weighted by Crippen LogP contribution is -2.11. The van der Waals surface area contributed by atoms with E-state index in [-0.39, 0.29) is 18.8 Å². The van der Waals surface area contributed by atoms with Crippen LogP contribution < -0.4 is 0 Å². The van der Waals surface area contributed by atoms with E-state index >= 15 is 0 Å². The molecule has 3 rings (SSSR count). The molecule has 0 aliphatic rings. The minimum atomic E-state index is -0.689. The highest BCUT2D eigenvalue weighted by Crippen LogP contribution is 2.25. The first kappa shape index (κ1) is 19.1. The van der Waals surface area contributed by atoms with Crippen LogP contribution in [0.5, 0.6) is 0 Å². The Morgan fingerprint density at radius 1 is 1.11 bits per heavy atom. The van der Waals surface area contributed by atoms with Crippen molar-refractivity contribution in [1.82, 2.24) is 9.78 Å². The van der Waals surface area contributed by atoms with Crippen LogP contribution in [-0.2, 0) is 14.3 Å². The fourth-order valence-electron chi connectivity index (χ4n) is 2.61. The van der Waals surface area contributed by atoms with Gasteiger partial charge in [-0.3, -0.25) is 0 Å². The van der Waals surface area contributed by atoms with E-state index in [9.17, 15) is 10.1 Å². The summed E-state index contributed by atoms with van der Waals surface area (Å²) < 4.78 is 11.6. The maximum atomic E-state index is 12.2. The van der Waals surface area contributed by atoms with Gasteiger partial charge in [0, 0.05) is 24.4 Å². The van der Waals surface area contributed by atoms with Crippen LogP contribution in [0.1, 0.15) is 5.56 Å². The Morgan fingerprint density at radius 2 is 1.79 bits per heavy atom. The van der Waals surface area contributed by atoms with Crippen LogP contribution in [0.4, 0.5) is 0 Å². The molecule has 0 aliphatic carbocycles. The third-order valence-electron chi connectivity index (χ3n) is 3.97. The van der Waals surface area contributed by atoms with Crippen molar-refractivity contribution in [3.05, 3.63) is 78.0 Å². The predicted molar refractivity (Wildman–Crippen MR) is 105 cm³/mol. The van der Waals surface area contributed by atoms with Gasteiger partial charge in [0.25, 0.3) is 0 Å². The van der Waals surface area contributed by atoms with Crippen molar-refractivity contribution in [3.63, 3.8) is 0 Å². The highest BCUT2D eigenvalue weighted by atomic mass is 16.6. The van der Waals surface area contributed by atoms with E-state index in [0.29, 0.717) is 11.3 Å². The molecule has 28 heavy (non-hydrogen) atoms. The number of ether oxygens (including phenoxy) is 2. The summed E-state index contributed by atoms with van der Waals surface area (Å²) in [5.41, 5.74) is 2.98. The fraction of sp³-hybridized carbons (Fsp3) is 0.136. The quantitative estimate of drug-likeness (QED) is 0.273. The maximum Gasteiger partial charge on any atom is 0.348 e. The normalized spacial score (nSPS) is 11.1. The molecule has 0 N–H and O–H groups in total. The number of hydrogen-bond acceptors (Lipinski definition) is 5. The van der Waals surface area contributed by atoms with Gasteiger partial charge in [-0.15, -0.1) is 0 Å². The van der Waals surface area contributed by atoms with Crippen LogP contribution in [0.15, 0.2) is 72.4 Å². The summed E-state index contributed by atoms with van der Waals surface area (Å²) in [5.74, 6) is -0.689. The Kier molecular flexibility index (Phi) is 6.34. The molecule has 0 aliphatic heterocycles. The Balaban J connectivity index is 2.02. The van der Waals surface area contributed by atoms with Gasteiger partial charge in [-0.2, -0.15) is 10.4 Å². The molecule has 0 bridgehead atoms. The highest BCUT2D eigenvalue weighted by Gasteiger charge is 2.15. The van der Waals surface area contributed by atoms with E-state index < -0.39 is 5.97 Å². The number of rotatable bonds is 7. The molecule has 0 saturated carbocycles. The van der Waals surface area contributed by atoms with Crippen LogP contribution in [0.3, 0.4) is 0 Å². The Labute approximate surface area is 163 Å². The zero-order valence-electron chi connectivity index (χ0n) is 15.4. The van der Waals surface area contributed by atoms with E-state index in [2.05, 4.69) is 5.10 Å². The van der Waals surface area contributed by atoms with Crippen molar-refractivity contribution in [2.24, 2.45) is 0 Å². The summed E-state index contributed by atoms with van der Waals surface area (Å²) >= 11 is 0. The summed E-state index contributed by atoms with van der Waals surface area (Å²) in [6.07, 6.45) is 3.29. The number of para-hydroxylation sites is 1. The van der Waals surface area contributed by atoms with Gasteiger partial charge in [-0.05, 0) is 18.2 Å². The number of carbonyl (C=O) groups excluding carboxylic acids is 1. The lowest BCUT2D eigenvalue weighted by molar-refractivity contribution is -0.139. The van der Waals surface area contributed by atoms with E-state index in [1.165, 1.54) is 13.2 Å². The summed E-state index contributed by atoms with van der Waals surface area (Å²) in [7, 11) is 1.51. The lowest BCUT2D eigenvalue weighted by Gasteiger charge is -2.03. The van der Waals surface area contributed by atoms with E-state index in [0.717, 1.165) is 11.3 Å². The Bertz CT molecular complexity index is 1000. The number of esters is 1. The third-order valence-corrected chi connectivity index (χ3v) is 3.97. The molecule has 0 radical (unpaired) electrons. The van der Waals surface area contributed by atoms with E-state index in [1.54, 1.807) is 10.9 Å². The second kappa shape index (κ2) is 9.31. The molecule has 0 amide bonds. The average molecular weight is 373 g/mol. The van der Waals surface area contributed by atoms with Gasteiger partial charge in [0.15, 0.2) is 0 Å². The van der Waals surface area contributed by atoms with E-state index in [1.807, 2.05) is 66.7 Å². The minimum Gasteiger partial charge on any atom is -0.459 e. The van der Waals surface area contributed by atoms with Crippen molar-refractivity contribution < 1.29 is 14.3 Å². The summed E-state index contributed by atoms with van der Waals surface area (Å²) in [4.78, 5) is 12.2. The van der Waals surface area contributed by atoms with Crippen molar-refractivity contribution in [2.45, 2.75) is 0 Å². The first-order valence-electron chi connectivity index (χ1n) is 8.71. The number of nitrogens with zero attached hydrogens (tertiary/aromatic N) is 3. The van der Waals surface area contributed by atoms with Crippen LogP contribution in [-0.4, -0.2) is 36.1 Å². The molecule has 1 heterocycles. The number of nitriles is 1. The SMILES string of the molecule is COCCOC(=O)C(C#N)=Cc1cn(-c2ccccc2)nc1-c1ccccc1. The van der Waals surface area contributed by atoms with Gasteiger partial charge in [0.05, 0.1) is 18.0 Å². The Hall–Kier alpha value is -3.69. The number of aromatic nitrogens is 2. The first-order valence-corrected chi connectivity index (χ1v) is 8.71. The molecule has 0 fully saturated rings. The van der Waals surface area contributed by atoms with Crippen molar-refractivity contribution >= 4 is 12.0 Å². The van der Waals surface area contributed by atoms with Gasteiger partial charge in [0.1, 0.15) is 18.2 Å². The number of carbonyl (C=O) groups is 1. The monoisotopic (exact) mass is 373 g/mol. The first-order chi connectivity index (χ1) is 13.7. The average Bonchev–Trinajstić information content (AvgIpc) is 3.17. The molecule has 0 saturated heterocycles. The molecular weight excluding hydrogens is 354 g/mol. The lowest BCUT2D eigenvalue weighted by atomic mass is 10.1. The molecule has 3 aromatic rings.